The minimum atomic E-state index is -4.57. The lowest BCUT2D eigenvalue weighted by Gasteiger charge is -2.22. The van der Waals surface area contributed by atoms with E-state index in [0.29, 0.717) is 0 Å². The number of nitrogens with two attached hydrogens (primary N) is 1. The van der Waals surface area contributed by atoms with Crippen molar-refractivity contribution in [3.63, 3.8) is 0 Å². The number of hydrogen-bond donors (Lipinski definition) is 3. The van der Waals surface area contributed by atoms with Crippen molar-refractivity contribution in [3.05, 3.63) is 34.3 Å². The van der Waals surface area contributed by atoms with Gasteiger partial charge >= 0.3 is 6.18 Å². The zero-order chi connectivity index (χ0) is 15.3. The molecule has 0 spiro atoms. The SMILES string of the molecule is C[C@H](NCC(/C(N)=N/O)C(F)(F)F)c1ccc(Br)cc1. The van der Waals surface area contributed by atoms with Crippen molar-refractivity contribution in [2.24, 2.45) is 16.8 Å². The summed E-state index contributed by atoms with van der Waals surface area (Å²) in [6.07, 6.45) is -4.57. The van der Waals surface area contributed by atoms with Crippen LogP contribution in [0, 0.1) is 5.92 Å². The zero-order valence-electron chi connectivity index (χ0n) is 10.7. The fourth-order valence-electron chi connectivity index (χ4n) is 1.62. The lowest BCUT2D eigenvalue weighted by molar-refractivity contribution is -0.155. The molecule has 0 fully saturated rings. The van der Waals surface area contributed by atoms with Gasteiger partial charge in [0.15, 0.2) is 5.84 Å². The number of amidine groups is 1. The first-order valence-corrected chi connectivity index (χ1v) is 6.58. The minimum absolute atomic E-state index is 0.292. The van der Waals surface area contributed by atoms with Crippen LogP contribution in [0.25, 0.3) is 0 Å². The average Bonchev–Trinajstić information content (AvgIpc) is 2.37. The van der Waals surface area contributed by atoms with Gasteiger partial charge in [0.1, 0.15) is 5.92 Å². The van der Waals surface area contributed by atoms with E-state index < -0.39 is 24.5 Å². The Morgan fingerprint density at radius 2 is 1.95 bits per heavy atom. The standard InChI is InChI=1S/C12H15BrF3N3O/c1-7(8-2-4-9(13)5-3-8)18-6-10(11(17)19-20)12(14,15)16/h2-5,7,10,18,20H,6H2,1H3,(H2,17,19)/t7-,10?/m0/s1. The predicted molar refractivity (Wildman–Crippen MR) is 73.5 cm³/mol. The first-order valence-electron chi connectivity index (χ1n) is 5.78. The number of benzene rings is 1. The van der Waals surface area contributed by atoms with Crippen LogP contribution in [-0.4, -0.2) is 23.8 Å². The summed E-state index contributed by atoms with van der Waals surface area (Å²) >= 11 is 3.28. The number of rotatable bonds is 5. The van der Waals surface area contributed by atoms with E-state index in [4.69, 9.17) is 10.9 Å². The molecule has 0 aliphatic rings. The highest BCUT2D eigenvalue weighted by Gasteiger charge is 2.42. The Labute approximate surface area is 123 Å². The van der Waals surface area contributed by atoms with E-state index in [1.807, 2.05) is 0 Å². The van der Waals surface area contributed by atoms with Crippen LogP contribution in [-0.2, 0) is 0 Å². The summed E-state index contributed by atoms with van der Waals surface area (Å²) in [4.78, 5) is 0. The minimum Gasteiger partial charge on any atom is -0.409 e. The highest BCUT2D eigenvalue weighted by Crippen LogP contribution is 2.26. The molecule has 4 N–H and O–H groups in total. The van der Waals surface area contributed by atoms with Gasteiger partial charge in [0.2, 0.25) is 0 Å². The van der Waals surface area contributed by atoms with Crippen LogP contribution in [0.1, 0.15) is 18.5 Å². The predicted octanol–water partition coefficient (Wildman–Crippen LogP) is 3.02. The Balaban J connectivity index is 2.70. The molecule has 0 bridgehead atoms. The normalized spacial score (nSPS) is 15.9. The van der Waals surface area contributed by atoms with Crippen LogP contribution in [0.4, 0.5) is 13.2 Å². The molecule has 1 rings (SSSR count). The Morgan fingerprint density at radius 1 is 1.40 bits per heavy atom. The van der Waals surface area contributed by atoms with Crippen LogP contribution in [0.2, 0.25) is 0 Å². The van der Waals surface area contributed by atoms with Gasteiger partial charge in [-0.15, -0.1) is 0 Å². The fourth-order valence-corrected chi connectivity index (χ4v) is 1.89. The van der Waals surface area contributed by atoms with Crippen LogP contribution >= 0.6 is 15.9 Å². The Bertz CT molecular complexity index is 462. The molecular weight excluding hydrogens is 339 g/mol. The maximum atomic E-state index is 12.7. The van der Waals surface area contributed by atoms with Crippen LogP contribution in [0.15, 0.2) is 33.9 Å². The highest BCUT2D eigenvalue weighted by atomic mass is 79.9. The monoisotopic (exact) mass is 353 g/mol. The molecule has 2 atom stereocenters. The molecule has 0 amide bonds. The molecule has 0 saturated carbocycles. The molecule has 0 radical (unpaired) electrons. The van der Waals surface area contributed by atoms with Gasteiger partial charge in [-0.05, 0) is 24.6 Å². The molecule has 1 aromatic rings. The number of nitrogens with one attached hydrogen (secondary N) is 1. The Kier molecular flexibility index (Phi) is 5.82. The molecule has 0 heterocycles. The first-order chi connectivity index (χ1) is 9.25. The van der Waals surface area contributed by atoms with E-state index in [1.54, 1.807) is 31.2 Å². The molecular formula is C12H15BrF3N3O. The smallest absolute Gasteiger partial charge is 0.400 e. The second-order valence-corrected chi connectivity index (χ2v) is 5.22. The molecule has 8 heteroatoms. The van der Waals surface area contributed by atoms with Gasteiger partial charge < -0.3 is 16.3 Å². The summed E-state index contributed by atoms with van der Waals surface area (Å²) in [5, 5.41) is 13.6. The number of halogens is 4. The summed E-state index contributed by atoms with van der Waals surface area (Å²) in [5.41, 5.74) is 5.92. The van der Waals surface area contributed by atoms with Crippen LogP contribution in [0.5, 0.6) is 0 Å². The maximum absolute atomic E-state index is 12.7. The summed E-state index contributed by atoms with van der Waals surface area (Å²) in [6, 6.07) is 6.91. The van der Waals surface area contributed by atoms with Gasteiger partial charge in [0.25, 0.3) is 0 Å². The maximum Gasteiger partial charge on any atom is 0.400 e. The van der Waals surface area contributed by atoms with Gasteiger partial charge in [-0.3, -0.25) is 0 Å². The Morgan fingerprint density at radius 3 is 2.40 bits per heavy atom. The number of alkyl halides is 3. The van der Waals surface area contributed by atoms with Crippen LogP contribution < -0.4 is 11.1 Å². The molecule has 4 nitrogen and oxygen atoms in total. The number of nitrogens with zero attached hydrogens (tertiary/aromatic N) is 1. The molecule has 20 heavy (non-hydrogen) atoms. The number of hydrogen-bond acceptors (Lipinski definition) is 3. The van der Waals surface area contributed by atoms with Crippen molar-refractivity contribution >= 4 is 21.8 Å². The van der Waals surface area contributed by atoms with Gasteiger partial charge in [0, 0.05) is 17.1 Å². The van der Waals surface area contributed by atoms with Crippen molar-refractivity contribution in [1.82, 2.24) is 5.32 Å². The van der Waals surface area contributed by atoms with Crippen molar-refractivity contribution in [3.8, 4) is 0 Å². The Hall–Kier alpha value is -1.28. The van der Waals surface area contributed by atoms with Crippen molar-refractivity contribution in [1.29, 1.82) is 0 Å². The molecule has 1 aromatic carbocycles. The van der Waals surface area contributed by atoms with Gasteiger partial charge in [-0.25, -0.2) is 0 Å². The first kappa shape index (κ1) is 16.8. The third kappa shape index (κ3) is 4.68. The molecule has 0 aliphatic heterocycles. The highest BCUT2D eigenvalue weighted by molar-refractivity contribution is 9.10. The van der Waals surface area contributed by atoms with E-state index in [0.717, 1.165) is 10.0 Å². The summed E-state index contributed by atoms with van der Waals surface area (Å²) in [6.45, 7) is 1.28. The fraction of sp³-hybridized carbons (Fsp3) is 0.417. The summed E-state index contributed by atoms with van der Waals surface area (Å²) in [5.74, 6) is -2.88. The summed E-state index contributed by atoms with van der Waals surface area (Å²) < 4.78 is 39.1. The quantitative estimate of drug-likeness (QED) is 0.330. The number of oxime groups is 1. The lowest BCUT2D eigenvalue weighted by atomic mass is 10.1. The second-order valence-electron chi connectivity index (χ2n) is 4.30. The zero-order valence-corrected chi connectivity index (χ0v) is 12.2. The van der Waals surface area contributed by atoms with Crippen molar-refractivity contribution in [2.45, 2.75) is 19.1 Å². The van der Waals surface area contributed by atoms with Crippen molar-refractivity contribution in [2.75, 3.05) is 6.54 Å². The van der Waals surface area contributed by atoms with Crippen LogP contribution in [0.3, 0.4) is 0 Å². The molecule has 1 unspecified atom stereocenters. The third-order valence-corrected chi connectivity index (χ3v) is 3.39. The topological polar surface area (TPSA) is 70.6 Å². The average molecular weight is 354 g/mol. The molecule has 0 saturated heterocycles. The van der Waals surface area contributed by atoms with Gasteiger partial charge in [0.05, 0.1) is 0 Å². The molecule has 0 aromatic heterocycles. The lowest BCUT2D eigenvalue weighted by Crippen LogP contribution is -2.43. The van der Waals surface area contributed by atoms with Crippen molar-refractivity contribution < 1.29 is 18.4 Å². The molecule has 112 valence electrons. The van der Waals surface area contributed by atoms with Gasteiger partial charge in [-0.2, -0.15) is 13.2 Å². The third-order valence-electron chi connectivity index (χ3n) is 2.87. The largest absolute Gasteiger partial charge is 0.409 e. The second kappa shape index (κ2) is 6.94. The van der Waals surface area contributed by atoms with E-state index >= 15 is 0 Å². The summed E-state index contributed by atoms with van der Waals surface area (Å²) in [7, 11) is 0. The van der Waals surface area contributed by atoms with Gasteiger partial charge in [-0.1, -0.05) is 33.2 Å². The van der Waals surface area contributed by atoms with E-state index in [-0.39, 0.29) is 6.04 Å². The van der Waals surface area contributed by atoms with E-state index in [9.17, 15) is 13.2 Å². The van der Waals surface area contributed by atoms with E-state index in [2.05, 4.69) is 26.4 Å². The van der Waals surface area contributed by atoms with E-state index in [1.165, 1.54) is 0 Å². The molecule has 0 aliphatic carbocycles.